The van der Waals surface area contributed by atoms with Crippen LogP contribution in [0.5, 0.6) is 0 Å². The smallest absolute Gasteiger partial charge is 0.306 e. The van der Waals surface area contributed by atoms with Gasteiger partial charge >= 0.3 is 17.9 Å². The van der Waals surface area contributed by atoms with Gasteiger partial charge in [0, 0.05) is 19.3 Å². The summed E-state index contributed by atoms with van der Waals surface area (Å²) in [7, 11) is 0. The first-order valence-electron chi connectivity index (χ1n) is 26.4. The number of hydrogen-bond donors (Lipinski definition) is 0. The molecule has 0 aliphatic carbocycles. The van der Waals surface area contributed by atoms with Crippen molar-refractivity contribution in [1.29, 1.82) is 0 Å². The van der Waals surface area contributed by atoms with E-state index in [1.165, 1.54) is 128 Å². The van der Waals surface area contributed by atoms with Crippen molar-refractivity contribution in [3.05, 3.63) is 72.9 Å². The Hall–Kier alpha value is -3.15. The number of carbonyl (C=O) groups excluding carboxylic acids is 3. The Morgan fingerprint density at radius 1 is 0.333 bits per heavy atom. The van der Waals surface area contributed by atoms with Crippen LogP contribution in [0.15, 0.2) is 72.9 Å². The van der Waals surface area contributed by atoms with Crippen LogP contribution < -0.4 is 0 Å². The van der Waals surface area contributed by atoms with Crippen molar-refractivity contribution >= 4 is 17.9 Å². The van der Waals surface area contributed by atoms with Crippen LogP contribution in [-0.2, 0) is 28.6 Å². The van der Waals surface area contributed by atoms with Gasteiger partial charge in [-0.15, -0.1) is 0 Å². The molecule has 0 bridgehead atoms. The molecule has 0 spiro atoms. The van der Waals surface area contributed by atoms with E-state index in [4.69, 9.17) is 14.2 Å². The average molecular weight is 879 g/mol. The molecule has 0 unspecified atom stereocenters. The van der Waals surface area contributed by atoms with E-state index in [1.807, 2.05) is 6.08 Å². The molecule has 6 nitrogen and oxygen atoms in total. The standard InChI is InChI=1S/C57H98O6/c1-4-7-10-13-16-19-22-25-26-27-28-29-30-33-36-39-42-45-48-51-57(60)63-54(52-61-55(58)49-46-43-40-37-34-31-23-20-17-14-11-8-5-2)53-62-56(59)50-47-44-41-38-35-32-24-21-18-15-12-9-6-3/h7,10,16,19,25-26,28-29,33,36,42,45,54H,4-6,8-9,11-15,17-18,20-24,27,30-32,34-35,37-41,43-44,46-53H2,1-3H3. The highest BCUT2D eigenvalue weighted by atomic mass is 16.6. The summed E-state index contributed by atoms with van der Waals surface area (Å²) in [6.45, 7) is 6.47. The van der Waals surface area contributed by atoms with E-state index in [2.05, 4.69) is 87.6 Å². The van der Waals surface area contributed by atoms with E-state index in [1.54, 1.807) is 0 Å². The topological polar surface area (TPSA) is 78.9 Å². The number of allylic oxidation sites excluding steroid dienone is 12. The van der Waals surface area contributed by atoms with Gasteiger partial charge in [-0.1, -0.05) is 248 Å². The number of carbonyl (C=O) groups is 3. The average Bonchev–Trinajstić information content (AvgIpc) is 3.28. The molecule has 362 valence electrons. The van der Waals surface area contributed by atoms with Gasteiger partial charge in [-0.25, -0.2) is 0 Å². The lowest BCUT2D eigenvalue weighted by Crippen LogP contribution is -2.30. The van der Waals surface area contributed by atoms with Gasteiger partial charge in [0.2, 0.25) is 0 Å². The molecule has 0 aromatic rings. The molecule has 0 aliphatic rings. The van der Waals surface area contributed by atoms with Crippen molar-refractivity contribution in [2.24, 2.45) is 0 Å². The zero-order chi connectivity index (χ0) is 45.8. The summed E-state index contributed by atoms with van der Waals surface area (Å²) in [6, 6.07) is 0. The summed E-state index contributed by atoms with van der Waals surface area (Å²) >= 11 is 0. The number of ether oxygens (including phenoxy) is 3. The van der Waals surface area contributed by atoms with Gasteiger partial charge in [0.15, 0.2) is 6.10 Å². The lowest BCUT2D eigenvalue weighted by atomic mass is 10.0. The Balaban J connectivity index is 4.49. The number of hydrogen-bond acceptors (Lipinski definition) is 6. The zero-order valence-corrected chi connectivity index (χ0v) is 41.3. The summed E-state index contributed by atoms with van der Waals surface area (Å²) in [5.74, 6) is -0.981. The monoisotopic (exact) mass is 879 g/mol. The fourth-order valence-corrected chi connectivity index (χ4v) is 7.29. The van der Waals surface area contributed by atoms with Gasteiger partial charge < -0.3 is 14.2 Å². The van der Waals surface area contributed by atoms with Crippen LogP contribution in [0, 0.1) is 0 Å². The quantitative estimate of drug-likeness (QED) is 0.0262. The van der Waals surface area contributed by atoms with E-state index in [0.717, 1.165) is 77.0 Å². The molecule has 6 heteroatoms. The van der Waals surface area contributed by atoms with Crippen molar-refractivity contribution < 1.29 is 28.6 Å². The minimum atomic E-state index is -0.811. The molecule has 63 heavy (non-hydrogen) atoms. The Morgan fingerprint density at radius 3 is 0.937 bits per heavy atom. The number of unbranched alkanes of at least 4 members (excludes halogenated alkanes) is 24. The minimum Gasteiger partial charge on any atom is -0.462 e. The third kappa shape index (κ3) is 49.7. The van der Waals surface area contributed by atoms with Gasteiger partial charge in [0.05, 0.1) is 0 Å². The van der Waals surface area contributed by atoms with Crippen molar-refractivity contribution in [1.82, 2.24) is 0 Å². The van der Waals surface area contributed by atoms with Crippen LogP contribution in [0.4, 0.5) is 0 Å². The Morgan fingerprint density at radius 2 is 0.619 bits per heavy atom. The van der Waals surface area contributed by atoms with Crippen molar-refractivity contribution in [2.45, 2.75) is 258 Å². The highest BCUT2D eigenvalue weighted by Crippen LogP contribution is 2.15. The first kappa shape index (κ1) is 59.9. The van der Waals surface area contributed by atoms with Crippen molar-refractivity contribution in [3.63, 3.8) is 0 Å². The van der Waals surface area contributed by atoms with Crippen LogP contribution in [0.2, 0.25) is 0 Å². The molecule has 0 radical (unpaired) electrons. The van der Waals surface area contributed by atoms with E-state index in [0.29, 0.717) is 19.3 Å². The van der Waals surface area contributed by atoms with Crippen molar-refractivity contribution in [3.8, 4) is 0 Å². The molecule has 0 aromatic carbocycles. The van der Waals surface area contributed by atoms with Crippen LogP contribution in [-0.4, -0.2) is 37.2 Å². The Kier molecular flexibility index (Phi) is 48.9. The molecule has 0 rings (SSSR count). The lowest BCUT2D eigenvalue weighted by molar-refractivity contribution is -0.166. The minimum absolute atomic E-state index is 0.102. The SMILES string of the molecule is CCC=CCC=CCC=CCC=CCC=CCC=CCCC(=O)OC(COC(=O)CCCCCCCCCCCCCCC)COC(=O)CCCCCCCCCCCCCCC. The third-order valence-corrected chi connectivity index (χ3v) is 11.2. The fraction of sp³-hybridized carbons (Fsp3) is 0.737. The second-order valence-corrected chi connectivity index (χ2v) is 17.4. The predicted molar refractivity (Wildman–Crippen MR) is 270 cm³/mol. The second-order valence-electron chi connectivity index (χ2n) is 17.4. The molecule has 0 atom stereocenters. The van der Waals surface area contributed by atoms with E-state index >= 15 is 0 Å². The molecule has 0 heterocycles. The molecule has 0 saturated heterocycles. The van der Waals surface area contributed by atoms with Crippen LogP contribution in [0.25, 0.3) is 0 Å². The summed E-state index contributed by atoms with van der Waals surface area (Å²) in [6.07, 6.45) is 64.7. The summed E-state index contributed by atoms with van der Waals surface area (Å²) in [4.78, 5) is 37.9. The first-order valence-corrected chi connectivity index (χ1v) is 26.4. The first-order chi connectivity index (χ1) is 31.0. The lowest BCUT2D eigenvalue weighted by Gasteiger charge is -2.18. The molecular weight excluding hydrogens is 781 g/mol. The normalized spacial score (nSPS) is 12.2. The summed E-state index contributed by atoms with van der Waals surface area (Å²) in [5, 5.41) is 0. The molecule has 0 saturated carbocycles. The maximum atomic E-state index is 12.8. The number of rotatable bonds is 47. The van der Waals surface area contributed by atoms with E-state index < -0.39 is 6.10 Å². The van der Waals surface area contributed by atoms with Gasteiger partial charge in [0.25, 0.3) is 0 Å². The third-order valence-electron chi connectivity index (χ3n) is 11.2. The second kappa shape index (κ2) is 51.5. The van der Waals surface area contributed by atoms with Gasteiger partial charge in [-0.05, 0) is 57.8 Å². The summed E-state index contributed by atoms with van der Waals surface area (Å²) < 4.78 is 16.7. The van der Waals surface area contributed by atoms with Crippen LogP contribution in [0.1, 0.15) is 252 Å². The molecule has 0 aromatic heterocycles. The molecular formula is C57H98O6. The Bertz CT molecular complexity index is 1150. The van der Waals surface area contributed by atoms with Crippen LogP contribution >= 0.6 is 0 Å². The van der Waals surface area contributed by atoms with Crippen molar-refractivity contribution in [2.75, 3.05) is 13.2 Å². The van der Waals surface area contributed by atoms with Crippen LogP contribution in [0.3, 0.4) is 0 Å². The van der Waals surface area contributed by atoms with E-state index in [9.17, 15) is 14.4 Å². The molecule has 0 amide bonds. The maximum Gasteiger partial charge on any atom is 0.306 e. The maximum absolute atomic E-state index is 12.8. The molecule has 0 N–H and O–H groups in total. The highest BCUT2D eigenvalue weighted by molar-refractivity contribution is 5.71. The van der Waals surface area contributed by atoms with Gasteiger partial charge in [0.1, 0.15) is 13.2 Å². The summed E-state index contributed by atoms with van der Waals surface area (Å²) in [5.41, 5.74) is 0. The zero-order valence-electron chi connectivity index (χ0n) is 41.3. The number of esters is 3. The van der Waals surface area contributed by atoms with Gasteiger partial charge in [-0.2, -0.15) is 0 Å². The largest absolute Gasteiger partial charge is 0.462 e. The molecule has 0 fully saturated rings. The predicted octanol–water partition coefficient (Wildman–Crippen LogP) is 17.4. The Labute approximate surface area is 389 Å². The molecule has 0 aliphatic heterocycles. The van der Waals surface area contributed by atoms with Gasteiger partial charge in [-0.3, -0.25) is 14.4 Å². The fourth-order valence-electron chi connectivity index (χ4n) is 7.29. The highest BCUT2D eigenvalue weighted by Gasteiger charge is 2.19. The van der Waals surface area contributed by atoms with E-state index in [-0.39, 0.29) is 37.5 Å².